The van der Waals surface area contributed by atoms with Crippen molar-refractivity contribution in [2.24, 2.45) is 5.73 Å². The first-order valence-electron chi connectivity index (χ1n) is 6.90. The Morgan fingerprint density at radius 2 is 2.10 bits per heavy atom. The summed E-state index contributed by atoms with van der Waals surface area (Å²) >= 11 is 13.7. The van der Waals surface area contributed by atoms with Crippen molar-refractivity contribution >= 4 is 40.9 Å². The predicted molar refractivity (Wildman–Crippen MR) is 92.3 cm³/mol. The fourth-order valence-corrected chi connectivity index (χ4v) is 3.54. The third kappa shape index (κ3) is 6.07. The fraction of sp³-hybridized carbons (Fsp3) is 0.533. The summed E-state index contributed by atoms with van der Waals surface area (Å²) in [7, 11) is 0. The number of hydrogen-bond acceptors (Lipinski definition) is 3. The average Bonchev–Trinajstić information content (AvgIpc) is 2.37. The fourth-order valence-electron chi connectivity index (χ4n) is 2.10. The molecule has 1 amide bonds. The van der Waals surface area contributed by atoms with Crippen molar-refractivity contribution in [2.45, 2.75) is 50.1 Å². The zero-order chi connectivity index (χ0) is 16.0. The Kier molecular flexibility index (Phi) is 7.34. The van der Waals surface area contributed by atoms with E-state index in [1.807, 2.05) is 26.8 Å². The van der Waals surface area contributed by atoms with Crippen molar-refractivity contribution < 1.29 is 4.79 Å². The van der Waals surface area contributed by atoms with Crippen molar-refractivity contribution in [3.05, 3.63) is 28.2 Å². The van der Waals surface area contributed by atoms with E-state index in [1.165, 1.54) is 0 Å². The summed E-state index contributed by atoms with van der Waals surface area (Å²) in [4.78, 5) is 12.6. The second kappa shape index (κ2) is 8.28. The Hall–Kier alpha value is -0.420. The van der Waals surface area contributed by atoms with Gasteiger partial charge in [-0.2, -0.15) is 0 Å². The molecule has 3 nitrogen and oxygen atoms in total. The first-order chi connectivity index (χ1) is 9.74. The second-order valence-electron chi connectivity index (χ2n) is 5.52. The van der Waals surface area contributed by atoms with E-state index in [-0.39, 0.29) is 11.9 Å². The highest BCUT2D eigenvalue weighted by Gasteiger charge is 2.30. The minimum atomic E-state index is -0.674. The van der Waals surface area contributed by atoms with Crippen molar-refractivity contribution in [1.82, 2.24) is 5.32 Å². The van der Waals surface area contributed by atoms with Gasteiger partial charge >= 0.3 is 0 Å². The molecule has 21 heavy (non-hydrogen) atoms. The molecule has 0 aliphatic rings. The maximum absolute atomic E-state index is 11.6. The molecule has 0 heterocycles. The number of nitrogens with two attached hydrogens (primary N) is 1. The van der Waals surface area contributed by atoms with Gasteiger partial charge in [0.15, 0.2) is 0 Å². The van der Waals surface area contributed by atoms with Gasteiger partial charge in [-0.1, -0.05) is 23.2 Å². The van der Waals surface area contributed by atoms with Crippen molar-refractivity contribution in [1.29, 1.82) is 0 Å². The number of benzene rings is 1. The lowest BCUT2D eigenvalue weighted by molar-refractivity contribution is -0.124. The number of carbonyl (C=O) groups excluding carboxylic acids is 1. The van der Waals surface area contributed by atoms with Gasteiger partial charge in [0.2, 0.25) is 5.91 Å². The van der Waals surface area contributed by atoms with E-state index in [0.717, 1.165) is 17.1 Å². The molecule has 1 aromatic rings. The molecule has 3 N–H and O–H groups in total. The molecular formula is C15H22Cl2N2OS. The van der Waals surface area contributed by atoms with Crippen molar-refractivity contribution in [2.75, 3.05) is 5.75 Å². The molecule has 0 saturated carbocycles. The Balaban J connectivity index is 2.51. The highest BCUT2D eigenvalue weighted by molar-refractivity contribution is 7.99. The SMILES string of the molecule is CC(C)NC(C)(CCCSc1cc(Cl)ccc1Cl)C(N)=O. The number of rotatable bonds is 8. The lowest BCUT2D eigenvalue weighted by Crippen LogP contribution is -2.55. The van der Waals surface area contributed by atoms with Gasteiger partial charge in [-0.3, -0.25) is 4.79 Å². The van der Waals surface area contributed by atoms with Crippen LogP contribution in [0, 0.1) is 0 Å². The van der Waals surface area contributed by atoms with Crippen LogP contribution in [0.1, 0.15) is 33.6 Å². The smallest absolute Gasteiger partial charge is 0.237 e. The predicted octanol–water partition coefficient (Wildman–Crippen LogP) is 4.11. The van der Waals surface area contributed by atoms with Gasteiger partial charge in [-0.05, 0) is 57.6 Å². The monoisotopic (exact) mass is 348 g/mol. The first kappa shape index (κ1) is 18.6. The molecule has 6 heteroatoms. The summed E-state index contributed by atoms with van der Waals surface area (Å²) in [5.74, 6) is 0.532. The van der Waals surface area contributed by atoms with Crippen molar-refractivity contribution in [3.8, 4) is 0 Å². The molecule has 1 rings (SSSR count). The molecule has 0 radical (unpaired) electrons. The van der Waals surface area contributed by atoms with E-state index in [1.54, 1.807) is 23.9 Å². The van der Waals surface area contributed by atoms with Crippen LogP contribution in [0.5, 0.6) is 0 Å². The summed E-state index contributed by atoms with van der Waals surface area (Å²) in [6, 6.07) is 5.62. The highest BCUT2D eigenvalue weighted by Crippen LogP contribution is 2.31. The average molecular weight is 349 g/mol. The summed E-state index contributed by atoms with van der Waals surface area (Å²) < 4.78 is 0. The number of carbonyl (C=O) groups is 1. The van der Waals surface area contributed by atoms with Gasteiger partial charge in [0.1, 0.15) is 0 Å². The third-order valence-electron chi connectivity index (χ3n) is 3.12. The molecule has 0 aliphatic carbocycles. The zero-order valence-electron chi connectivity index (χ0n) is 12.6. The molecule has 0 aromatic heterocycles. The molecule has 1 atom stereocenters. The Bertz CT molecular complexity index is 497. The van der Waals surface area contributed by atoms with Gasteiger partial charge in [0.25, 0.3) is 0 Å². The summed E-state index contributed by atoms with van der Waals surface area (Å²) in [6.45, 7) is 5.86. The van der Waals surface area contributed by atoms with E-state index in [2.05, 4.69) is 5.32 Å². The number of hydrogen-bond donors (Lipinski definition) is 2. The molecule has 0 bridgehead atoms. The van der Waals surface area contributed by atoms with Crippen LogP contribution in [-0.4, -0.2) is 23.2 Å². The van der Waals surface area contributed by atoms with Crippen LogP contribution in [0.3, 0.4) is 0 Å². The normalized spacial score (nSPS) is 14.2. The van der Waals surface area contributed by atoms with E-state index in [0.29, 0.717) is 16.5 Å². The largest absolute Gasteiger partial charge is 0.368 e. The molecule has 1 unspecified atom stereocenters. The Labute approximate surface area is 140 Å². The lowest BCUT2D eigenvalue weighted by Gasteiger charge is -2.29. The topological polar surface area (TPSA) is 55.1 Å². The number of nitrogens with one attached hydrogen (secondary N) is 1. The maximum Gasteiger partial charge on any atom is 0.237 e. The number of halogens is 2. The lowest BCUT2D eigenvalue weighted by atomic mass is 9.94. The van der Waals surface area contributed by atoms with E-state index in [9.17, 15) is 4.79 Å². The van der Waals surface area contributed by atoms with E-state index >= 15 is 0 Å². The maximum atomic E-state index is 11.6. The minimum absolute atomic E-state index is 0.206. The van der Waals surface area contributed by atoms with Crippen LogP contribution in [0.25, 0.3) is 0 Å². The van der Waals surface area contributed by atoms with Crippen LogP contribution < -0.4 is 11.1 Å². The van der Waals surface area contributed by atoms with Crippen LogP contribution in [0.4, 0.5) is 0 Å². The third-order valence-corrected chi connectivity index (χ3v) is 4.94. The molecule has 0 saturated heterocycles. The Morgan fingerprint density at radius 3 is 2.67 bits per heavy atom. The quantitative estimate of drug-likeness (QED) is 0.549. The van der Waals surface area contributed by atoms with Gasteiger partial charge in [0.05, 0.1) is 10.6 Å². The summed E-state index contributed by atoms with van der Waals surface area (Å²) in [5.41, 5.74) is 4.84. The molecule has 1 aromatic carbocycles. The van der Waals surface area contributed by atoms with Gasteiger partial charge in [-0.15, -0.1) is 11.8 Å². The molecule has 0 aliphatic heterocycles. The molecule has 0 spiro atoms. The van der Waals surface area contributed by atoms with Crippen molar-refractivity contribution in [3.63, 3.8) is 0 Å². The highest BCUT2D eigenvalue weighted by atomic mass is 35.5. The number of thioether (sulfide) groups is 1. The summed E-state index contributed by atoms with van der Waals surface area (Å²) in [5, 5.41) is 4.61. The first-order valence-corrected chi connectivity index (χ1v) is 8.64. The summed E-state index contributed by atoms with van der Waals surface area (Å²) in [6.07, 6.45) is 1.54. The molecule has 118 valence electrons. The standard InChI is InChI=1S/C15H22Cl2N2OS/c1-10(2)19-15(3,14(18)20)7-4-8-21-13-9-11(16)5-6-12(13)17/h5-6,9-10,19H,4,7-8H2,1-3H3,(H2,18,20). The Morgan fingerprint density at radius 1 is 1.43 bits per heavy atom. The second-order valence-corrected chi connectivity index (χ2v) is 7.50. The number of amides is 1. The van der Waals surface area contributed by atoms with Crippen LogP contribution in [-0.2, 0) is 4.79 Å². The van der Waals surface area contributed by atoms with Gasteiger partial charge < -0.3 is 11.1 Å². The van der Waals surface area contributed by atoms with Crippen LogP contribution >= 0.6 is 35.0 Å². The number of primary amides is 1. The van der Waals surface area contributed by atoms with E-state index < -0.39 is 5.54 Å². The van der Waals surface area contributed by atoms with Crippen LogP contribution in [0.2, 0.25) is 10.0 Å². The van der Waals surface area contributed by atoms with Gasteiger partial charge in [-0.25, -0.2) is 0 Å². The zero-order valence-corrected chi connectivity index (χ0v) is 14.9. The molecular weight excluding hydrogens is 327 g/mol. The van der Waals surface area contributed by atoms with Gasteiger partial charge in [0, 0.05) is 16.0 Å². The van der Waals surface area contributed by atoms with E-state index in [4.69, 9.17) is 28.9 Å². The van der Waals surface area contributed by atoms with Crippen LogP contribution in [0.15, 0.2) is 23.1 Å². The minimum Gasteiger partial charge on any atom is -0.368 e. The molecule has 0 fully saturated rings.